The summed E-state index contributed by atoms with van der Waals surface area (Å²) < 4.78 is 30.2. The van der Waals surface area contributed by atoms with E-state index in [0.717, 1.165) is 0 Å². The summed E-state index contributed by atoms with van der Waals surface area (Å²) in [6.45, 7) is 3.61. The number of hydrogen-bond acceptors (Lipinski definition) is 5. The lowest BCUT2D eigenvalue weighted by atomic mass is 9.90. The Labute approximate surface area is 153 Å². The van der Waals surface area contributed by atoms with Crippen molar-refractivity contribution in [2.45, 2.75) is 36.3 Å². The smallest absolute Gasteiger partial charge is 0.325 e. The fourth-order valence-corrected chi connectivity index (χ4v) is 5.33. The minimum Gasteiger partial charge on any atom is -0.495 e. The number of rotatable bonds is 8. The number of carboxylic acids is 1. The van der Waals surface area contributed by atoms with E-state index in [2.05, 4.69) is 4.98 Å². The van der Waals surface area contributed by atoms with Crippen LogP contribution >= 0.6 is 0 Å². The Hall–Kier alpha value is -2.41. The van der Waals surface area contributed by atoms with Gasteiger partial charge in [0.05, 0.1) is 7.11 Å². The maximum absolute atomic E-state index is 13.5. The number of carboxylic acid groups (broad SMARTS) is 1. The maximum atomic E-state index is 13.5. The predicted octanol–water partition coefficient (Wildman–Crippen LogP) is 2.98. The van der Waals surface area contributed by atoms with Gasteiger partial charge < -0.3 is 9.84 Å². The van der Waals surface area contributed by atoms with E-state index in [1.807, 2.05) is 0 Å². The molecule has 0 bridgehead atoms. The zero-order chi connectivity index (χ0) is 19.4. The number of hydrogen-bond donors (Lipinski definition) is 1. The summed E-state index contributed by atoms with van der Waals surface area (Å²) in [6.07, 6.45) is 2.85. The second-order valence-corrected chi connectivity index (χ2v) is 8.82. The number of benzene rings is 1. The minimum atomic E-state index is -4.25. The largest absolute Gasteiger partial charge is 0.495 e. The molecular formula is C19H23NO5S. The first kappa shape index (κ1) is 19.9. The van der Waals surface area contributed by atoms with Crippen molar-refractivity contribution in [3.63, 3.8) is 0 Å². The standard InChI is InChI=1S/C19H23NO5S/c1-14(2)11-19(18(21)22,12-15-7-6-10-20-13-15)26(23,24)17-9-5-4-8-16(17)25-3/h4-10,13-14H,11-12H2,1-3H3,(H,21,22). The number of pyridine rings is 1. The van der Waals surface area contributed by atoms with Gasteiger partial charge in [0.1, 0.15) is 10.6 Å². The zero-order valence-electron chi connectivity index (χ0n) is 15.0. The van der Waals surface area contributed by atoms with Crippen molar-refractivity contribution >= 4 is 15.8 Å². The van der Waals surface area contributed by atoms with Gasteiger partial charge in [0.15, 0.2) is 14.6 Å². The van der Waals surface area contributed by atoms with E-state index >= 15 is 0 Å². The molecule has 1 aromatic carbocycles. The minimum absolute atomic E-state index is 0.0301. The van der Waals surface area contributed by atoms with Crippen LogP contribution in [0.25, 0.3) is 0 Å². The van der Waals surface area contributed by atoms with Crippen molar-refractivity contribution < 1.29 is 23.1 Å². The molecular weight excluding hydrogens is 354 g/mol. The number of sulfone groups is 1. The van der Waals surface area contributed by atoms with Gasteiger partial charge in [-0.05, 0) is 36.1 Å². The van der Waals surface area contributed by atoms with Gasteiger partial charge >= 0.3 is 5.97 Å². The number of carbonyl (C=O) groups is 1. The molecule has 6 nitrogen and oxygen atoms in total. The molecule has 0 amide bonds. The van der Waals surface area contributed by atoms with E-state index in [0.29, 0.717) is 5.56 Å². The van der Waals surface area contributed by atoms with Gasteiger partial charge in [-0.3, -0.25) is 9.78 Å². The highest BCUT2D eigenvalue weighted by Crippen LogP contribution is 2.38. The van der Waals surface area contributed by atoms with Crippen LogP contribution in [0.3, 0.4) is 0 Å². The normalized spacial score (nSPS) is 14.0. The Kier molecular flexibility index (Phi) is 6.02. The molecule has 0 aliphatic heterocycles. The quantitative estimate of drug-likeness (QED) is 0.760. The second-order valence-electron chi connectivity index (χ2n) is 6.59. The average molecular weight is 377 g/mol. The third-order valence-electron chi connectivity index (χ3n) is 4.21. The van der Waals surface area contributed by atoms with Crippen LogP contribution in [0.15, 0.2) is 53.7 Å². The van der Waals surface area contributed by atoms with Crippen LogP contribution in [0.4, 0.5) is 0 Å². The molecule has 2 rings (SSSR count). The number of aliphatic carboxylic acids is 1. The highest BCUT2D eigenvalue weighted by atomic mass is 32.2. The lowest BCUT2D eigenvalue weighted by molar-refractivity contribution is -0.140. The number of para-hydroxylation sites is 1. The van der Waals surface area contributed by atoms with Gasteiger partial charge in [-0.1, -0.05) is 32.0 Å². The SMILES string of the molecule is COc1ccccc1S(=O)(=O)C(Cc1cccnc1)(CC(C)C)C(=O)O. The molecule has 140 valence electrons. The predicted molar refractivity (Wildman–Crippen MR) is 97.9 cm³/mol. The van der Waals surface area contributed by atoms with Crippen LogP contribution in [0, 0.1) is 5.92 Å². The highest BCUT2D eigenvalue weighted by Gasteiger charge is 2.52. The van der Waals surface area contributed by atoms with Crippen LogP contribution in [-0.4, -0.2) is 36.3 Å². The Morgan fingerprint density at radius 1 is 1.23 bits per heavy atom. The van der Waals surface area contributed by atoms with E-state index in [-0.39, 0.29) is 29.4 Å². The molecule has 1 atom stereocenters. The first-order valence-electron chi connectivity index (χ1n) is 8.24. The monoisotopic (exact) mass is 377 g/mol. The zero-order valence-corrected chi connectivity index (χ0v) is 15.9. The van der Waals surface area contributed by atoms with Crippen molar-refractivity contribution in [1.82, 2.24) is 4.98 Å². The van der Waals surface area contributed by atoms with Crippen LogP contribution < -0.4 is 4.74 Å². The molecule has 0 radical (unpaired) electrons. The number of nitrogens with zero attached hydrogens (tertiary/aromatic N) is 1. The Balaban J connectivity index is 2.70. The maximum Gasteiger partial charge on any atom is 0.325 e. The summed E-state index contributed by atoms with van der Waals surface area (Å²) in [6, 6.07) is 9.44. The summed E-state index contributed by atoms with van der Waals surface area (Å²) >= 11 is 0. The molecule has 1 unspecified atom stereocenters. The molecule has 1 heterocycles. The number of aromatic nitrogens is 1. The van der Waals surface area contributed by atoms with E-state index in [4.69, 9.17) is 4.74 Å². The molecule has 2 aromatic rings. The first-order chi connectivity index (χ1) is 12.2. The summed E-state index contributed by atoms with van der Waals surface area (Å²) in [4.78, 5) is 16.2. The second kappa shape index (κ2) is 7.86. The molecule has 0 saturated carbocycles. The topological polar surface area (TPSA) is 93.6 Å². The summed E-state index contributed by atoms with van der Waals surface area (Å²) in [5.74, 6) is -1.39. The van der Waals surface area contributed by atoms with Crippen molar-refractivity contribution in [2.24, 2.45) is 5.92 Å². The van der Waals surface area contributed by atoms with Crippen molar-refractivity contribution in [1.29, 1.82) is 0 Å². The van der Waals surface area contributed by atoms with Crippen molar-refractivity contribution in [3.05, 3.63) is 54.4 Å². The van der Waals surface area contributed by atoms with Gasteiger partial charge in [-0.25, -0.2) is 8.42 Å². The van der Waals surface area contributed by atoms with Gasteiger partial charge in [0, 0.05) is 18.8 Å². The molecule has 26 heavy (non-hydrogen) atoms. The van der Waals surface area contributed by atoms with Crippen LogP contribution in [0.5, 0.6) is 5.75 Å². The van der Waals surface area contributed by atoms with Gasteiger partial charge in [0.25, 0.3) is 0 Å². The van der Waals surface area contributed by atoms with E-state index in [1.54, 1.807) is 44.3 Å². The summed E-state index contributed by atoms with van der Waals surface area (Å²) in [5.41, 5.74) is 0.550. The first-order valence-corrected chi connectivity index (χ1v) is 9.73. The Bertz CT molecular complexity index is 865. The highest BCUT2D eigenvalue weighted by molar-refractivity contribution is 7.93. The molecule has 0 aliphatic carbocycles. The van der Waals surface area contributed by atoms with Crippen molar-refractivity contribution in [3.8, 4) is 5.75 Å². The van der Waals surface area contributed by atoms with Crippen LogP contribution in [0.2, 0.25) is 0 Å². The van der Waals surface area contributed by atoms with Gasteiger partial charge in [-0.15, -0.1) is 0 Å². The molecule has 0 spiro atoms. The average Bonchev–Trinajstić information content (AvgIpc) is 2.61. The fraction of sp³-hybridized carbons (Fsp3) is 0.368. The molecule has 7 heteroatoms. The van der Waals surface area contributed by atoms with E-state index in [1.165, 1.54) is 25.4 Å². The van der Waals surface area contributed by atoms with Crippen molar-refractivity contribution in [2.75, 3.05) is 7.11 Å². The number of methoxy groups -OCH3 is 1. The third kappa shape index (κ3) is 3.72. The van der Waals surface area contributed by atoms with Gasteiger partial charge in [-0.2, -0.15) is 0 Å². The van der Waals surface area contributed by atoms with Crippen LogP contribution in [-0.2, 0) is 21.1 Å². The fourth-order valence-electron chi connectivity index (χ4n) is 3.10. The molecule has 0 aliphatic rings. The van der Waals surface area contributed by atoms with E-state index < -0.39 is 20.6 Å². The molecule has 0 saturated heterocycles. The lowest BCUT2D eigenvalue weighted by Gasteiger charge is -2.31. The van der Waals surface area contributed by atoms with Crippen LogP contribution in [0.1, 0.15) is 25.8 Å². The molecule has 0 fully saturated rings. The summed E-state index contributed by atoms with van der Waals surface area (Å²) in [5, 5.41) is 10.1. The Morgan fingerprint density at radius 2 is 1.92 bits per heavy atom. The molecule has 1 aromatic heterocycles. The Morgan fingerprint density at radius 3 is 2.46 bits per heavy atom. The third-order valence-corrected chi connectivity index (χ3v) is 6.64. The van der Waals surface area contributed by atoms with E-state index in [9.17, 15) is 18.3 Å². The van der Waals surface area contributed by atoms with Gasteiger partial charge in [0.2, 0.25) is 0 Å². The number of ether oxygens (including phenoxy) is 1. The molecule has 1 N–H and O–H groups in total. The lowest BCUT2D eigenvalue weighted by Crippen LogP contribution is -2.49. The summed E-state index contributed by atoms with van der Waals surface area (Å²) in [7, 11) is -2.89.